The molecule has 1 fully saturated rings. The second-order valence-electron chi connectivity index (χ2n) is 5.85. The first-order chi connectivity index (χ1) is 9.52. The van der Waals surface area contributed by atoms with Gasteiger partial charge in [0.1, 0.15) is 0 Å². The Balaban J connectivity index is 2.43. The van der Waals surface area contributed by atoms with Crippen LogP contribution < -0.4 is 0 Å². The van der Waals surface area contributed by atoms with Crippen LogP contribution in [0.2, 0.25) is 0 Å². The molecule has 0 aromatic carbocycles. The van der Waals surface area contributed by atoms with Crippen LogP contribution >= 0.6 is 0 Å². The molecule has 0 aromatic rings. The number of halogens is 1. The Labute approximate surface area is 123 Å². The van der Waals surface area contributed by atoms with Crippen molar-refractivity contribution < 1.29 is 9.13 Å². The van der Waals surface area contributed by atoms with Crippen molar-refractivity contribution in [1.29, 1.82) is 0 Å². The van der Waals surface area contributed by atoms with E-state index in [-0.39, 0.29) is 5.83 Å². The Morgan fingerprint density at radius 3 is 2.55 bits per heavy atom. The molecule has 0 saturated carbocycles. The average Bonchev–Trinajstić information content (AvgIpc) is 2.41. The third kappa shape index (κ3) is 6.38. The van der Waals surface area contributed by atoms with Gasteiger partial charge in [-0.2, -0.15) is 0 Å². The number of ether oxygens (including phenoxy) is 1. The van der Waals surface area contributed by atoms with Gasteiger partial charge in [-0.25, -0.2) is 4.39 Å². The highest BCUT2D eigenvalue weighted by Gasteiger charge is 2.18. The maximum absolute atomic E-state index is 13.9. The van der Waals surface area contributed by atoms with E-state index in [2.05, 4.69) is 25.8 Å². The van der Waals surface area contributed by atoms with Crippen molar-refractivity contribution in [3.05, 3.63) is 35.9 Å². The van der Waals surface area contributed by atoms with Gasteiger partial charge in [0.05, 0.1) is 6.61 Å². The van der Waals surface area contributed by atoms with Gasteiger partial charge >= 0.3 is 0 Å². The molecule has 0 aromatic heterocycles. The maximum atomic E-state index is 13.9. The molecule has 0 atom stereocenters. The van der Waals surface area contributed by atoms with Crippen molar-refractivity contribution in [2.45, 2.75) is 33.6 Å². The first-order valence-electron chi connectivity index (χ1n) is 7.55. The molecule has 1 saturated heterocycles. The molecule has 2 nitrogen and oxygen atoms in total. The zero-order chi connectivity index (χ0) is 15.0. The molecular weight excluding hydrogens is 253 g/mol. The van der Waals surface area contributed by atoms with Gasteiger partial charge in [0, 0.05) is 0 Å². The van der Waals surface area contributed by atoms with Crippen LogP contribution in [0.4, 0.5) is 4.39 Å². The monoisotopic (exact) mass is 281 g/mol. The third-order valence-corrected chi connectivity index (χ3v) is 3.55. The quantitative estimate of drug-likeness (QED) is 0.531. The fourth-order valence-corrected chi connectivity index (χ4v) is 2.17. The lowest BCUT2D eigenvalue weighted by Crippen LogP contribution is -2.31. The fourth-order valence-electron chi connectivity index (χ4n) is 2.17. The number of likely N-dealkylation sites (tertiary alicyclic amines) is 1. The summed E-state index contributed by atoms with van der Waals surface area (Å²) in [4.78, 5) is 2.32. The van der Waals surface area contributed by atoms with Crippen molar-refractivity contribution in [2.75, 3.05) is 26.7 Å². The minimum Gasteiger partial charge on any atom is -0.491 e. The molecule has 0 bridgehead atoms. The summed E-state index contributed by atoms with van der Waals surface area (Å²) in [6, 6.07) is 0. The van der Waals surface area contributed by atoms with E-state index in [9.17, 15) is 4.39 Å². The largest absolute Gasteiger partial charge is 0.491 e. The molecule has 0 spiro atoms. The van der Waals surface area contributed by atoms with E-state index in [1.165, 1.54) is 6.08 Å². The fraction of sp³-hybridized carbons (Fsp3) is 0.647. The predicted octanol–water partition coefficient (Wildman–Crippen LogP) is 4.31. The van der Waals surface area contributed by atoms with Gasteiger partial charge in [-0.3, -0.25) is 0 Å². The summed E-state index contributed by atoms with van der Waals surface area (Å²) in [7, 11) is 2.14. The zero-order valence-electron chi connectivity index (χ0n) is 13.2. The second-order valence-corrected chi connectivity index (χ2v) is 5.85. The van der Waals surface area contributed by atoms with Crippen LogP contribution in [0.5, 0.6) is 0 Å². The van der Waals surface area contributed by atoms with E-state index in [0.717, 1.165) is 25.9 Å². The van der Waals surface area contributed by atoms with Crippen LogP contribution in [0.1, 0.15) is 33.6 Å². The molecule has 1 rings (SSSR count). The summed E-state index contributed by atoms with van der Waals surface area (Å²) in [6.45, 7) is 8.76. The van der Waals surface area contributed by atoms with Gasteiger partial charge < -0.3 is 9.64 Å². The number of allylic oxidation sites excluding steroid dienone is 5. The molecular formula is C17H28FNO. The molecule has 1 aliphatic heterocycles. The summed E-state index contributed by atoms with van der Waals surface area (Å²) >= 11 is 0. The van der Waals surface area contributed by atoms with Gasteiger partial charge in [-0.15, -0.1) is 0 Å². The van der Waals surface area contributed by atoms with Gasteiger partial charge in [-0.1, -0.05) is 26.0 Å². The Bertz CT molecular complexity index is 363. The first kappa shape index (κ1) is 17.0. The van der Waals surface area contributed by atoms with Gasteiger partial charge in [0.2, 0.25) is 0 Å². The van der Waals surface area contributed by atoms with Crippen molar-refractivity contribution in [1.82, 2.24) is 4.90 Å². The lowest BCUT2D eigenvalue weighted by molar-refractivity contribution is 0.116. The number of hydrogen-bond acceptors (Lipinski definition) is 2. The highest BCUT2D eigenvalue weighted by atomic mass is 19.1. The smallest absolute Gasteiger partial charge is 0.164 e. The zero-order valence-corrected chi connectivity index (χ0v) is 13.2. The Morgan fingerprint density at radius 1 is 1.35 bits per heavy atom. The van der Waals surface area contributed by atoms with Crippen LogP contribution in [-0.2, 0) is 4.74 Å². The molecule has 0 amide bonds. The van der Waals surface area contributed by atoms with Crippen LogP contribution in [0.25, 0.3) is 0 Å². The van der Waals surface area contributed by atoms with Crippen LogP contribution in [0.3, 0.4) is 0 Å². The Morgan fingerprint density at radius 2 is 2.00 bits per heavy atom. The van der Waals surface area contributed by atoms with Crippen molar-refractivity contribution in [3.63, 3.8) is 0 Å². The molecule has 1 heterocycles. The molecule has 0 aliphatic carbocycles. The molecule has 20 heavy (non-hydrogen) atoms. The Kier molecular flexibility index (Phi) is 7.60. The molecule has 1 aliphatic rings. The molecule has 0 unspecified atom stereocenters. The van der Waals surface area contributed by atoms with E-state index < -0.39 is 0 Å². The number of nitrogens with zero attached hydrogens (tertiary/aromatic N) is 1. The summed E-state index contributed by atoms with van der Waals surface area (Å²) in [5, 5.41) is 0. The number of piperidine rings is 1. The third-order valence-electron chi connectivity index (χ3n) is 3.55. The minimum atomic E-state index is -0.294. The van der Waals surface area contributed by atoms with Crippen LogP contribution in [0.15, 0.2) is 35.9 Å². The first-order valence-corrected chi connectivity index (χ1v) is 7.55. The maximum Gasteiger partial charge on any atom is 0.164 e. The lowest BCUT2D eigenvalue weighted by atomic mass is 9.98. The molecule has 0 N–H and O–H groups in total. The van der Waals surface area contributed by atoms with E-state index >= 15 is 0 Å². The van der Waals surface area contributed by atoms with E-state index in [1.807, 2.05) is 13.0 Å². The Hall–Kier alpha value is -1.09. The average molecular weight is 281 g/mol. The van der Waals surface area contributed by atoms with Crippen molar-refractivity contribution >= 4 is 0 Å². The van der Waals surface area contributed by atoms with Crippen molar-refractivity contribution in [2.24, 2.45) is 11.8 Å². The van der Waals surface area contributed by atoms with Crippen molar-refractivity contribution in [3.8, 4) is 0 Å². The van der Waals surface area contributed by atoms with E-state index in [0.29, 0.717) is 24.2 Å². The summed E-state index contributed by atoms with van der Waals surface area (Å²) in [6.07, 6.45) is 9.15. The summed E-state index contributed by atoms with van der Waals surface area (Å²) < 4.78 is 19.6. The number of hydrogen-bond donors (Lipinski definition) is 0. The van der Waals surface area contributed by atoms with Gasteiger partial charge in [-0.05, 0) is 63.9 Å². The normalized spacial score (nSPS) is 20.1. The lowest BCUT2D eigenvalue weighted by Gasteiger charge is -2.28. The summed E-state index contributed by atoms with van der Waals surface area (Å²) in [5.74, 6) is 1.03. The topological polar surface area (TPSA) is 12.5 Å². The van der Waals surface area contributed by atoms with Crippen LogP contribution in [-0.4, -0.2) is 31.6 Å². The summed E-state index contributed by atoms with van der Waals surface area (Å²) in [5.41, 5.74) is 0. The predicted molar refractivity (Wildman–Crippen MR) is 83.1 cm³/mol. The SMILES string of the molecule is C\C=C(OCC1CCN(C)CC1)/C(F)=C\C=C\C(C)C. The second kappa shape index (κ2) is 8.96. The highest BCUT2D eigenvalue weighted by Crippen LogP contribution is 2.20. The minimum absolute atomic E-state index is 0.294. The van der Waals surface area contributed by atoms with E-state index in [4.69, 9.17) is 4.74 Å². The number of rotatable bonds is 6. The molecule has 0 radical (unpaired) electrons. The van der Waals surface area contributed by atoms with Gasteiger partial charge in [0.15, 0.2) is 11.6 Å². The standard InChI is InChI=1S/C17H28FNO/c1-5-17(16(18)8-6-7-14(2)3)20-13-15-9-11-19(4)12-10-15/h5-8,14-15H,9-13H2,1-4H3/b7-6+,16-8+,17-5+. The highest BCUT2D eigenvalue weighted by molar-refractivity contribution is 5.23. The van der Waals surface area contributed by atoms with Gasteiger partial charge in [0.25, 0.3) is 0 Å². The van der Waals surface area contributed by atoms with Crippen LogP contribution in [0, 0.1) is 11.8 Å². The molecule has 114 valence electrons. The molecule has 3 heteroatoms. The van der Waals surface area contributed by atoms with E-state index in [1.54, 1.807) is 12.2 Å².